The largest absolute Gasteiger partial charge is 0.489 e. The summed E-state index contributed by atoms with van der Waals surface area (Å²) >= 11 is 11.9. The van der Waals surface area contributed by atoms with E-state index in [4.69, 9.17) is 27.9 Å². The summed E-state index contributed by atoms with van der Waals surface area (Å²) in [4.78, 5) is 2.34. The molecule has 0 saturated carbocycles. The number of nitrogens with zero attached hydrogens (tertiary/aromatic N) is 1. The van der Waals surface area contributed by atoms with Gasteiger partial charge in [-0.2, -0.15) is 0 Å². The molecule has 0 amide bonds. The summed E-state index contributed by atoms with van der Waals surface area (Å²) in [7, 11) is 2.15. The van der Waals surface area contributed by atoms with Crippen molar-refractivity contribution in [2.75, 3.05) is 13.6 Å². The third-order valence-electron chi connectivity index (χ3n) is 4.10. The number of hydrogen-bond donors (Lipinski definition) is 0. The zero-order valence-electron chi connectivity index (χ0n) is 13.9. The highest BCUT2D eigenvalue weighted by molar-refractivity contribution is 6.42. The van der Waals surface area contributed by atoms with Gasteiger partial charge in [0.2, 0.25) is 0 Å². The molecule has 23 heavy (non-hydrogen) atoms. The molecule has 0 unspecified atom stereocenters. The van der Waals surface area contributed by atoms with E-state index in [9.17, 15) is 0 Å². The summed E-state index contributed by atoms with van der Waals surface area (Å²) in [5.74, 6) is 0.858. The molecule has 0 radical (unpaired) electrons. The quantitative estimate of drug-likeness (QED) is 0.656. The normalized spacial score (nSPS) is 12.4. The van der Waals surface area contributed by atoms with Gasteiger partial charge < -0.3 is 9.64 Å². The van der Waals surface area contributed by atoms with Crippen LogP contribution in [0.2, 0.25) is 10.0 Å². The molecule has 0 aliphatic heterocycles. The number of hydrogen-bond acceptors (Lipinski definition) is 2. The molecular weight excluding hydrogens is 329 g/mol. The van der Waals surface area contributed by atoms with Crippen LogP contribution in [0.3, 0.4) is 0 Å². The Hall–Kier alpha value is -1.22. The molecule has 0 saturated heterocycles. The van der Waals surface area contributed by atoms with Gasteiger partial charge in [-0.05, 0) is 62.3 Å². The van der Waals surface area contributed by atoms with E-state index in [0.29, 0.717) is 22.7 Å². The Morgan fingerprint density at radius 1 is 1.00 bits per heavy atom. The lowest BCUT2D eigenvalue weighted by molar-refractivity contribution is 0.269. The smallest absolute Gasteiger partial charge is 0.119 e. The van der Waals surface area contributed by atoms with Crippen molar-refractivity contribution in [1.82, 2.24) is 4.90 Å². The number of likely N-dealkylation sites (N-methyl/N-ethyl adjacent to an activating group) is 1. The first-order chi connectivity index (χ1) is 11.0. The van der Waals surface area contributed by atoms with Crippen LogP contribution in [0.4, 0.5) is 0 Å². The Bertz CT molecular complexity index is 628. The third-order valence-corrected chi connectivity index (χ3v) is 4.83. The van der Waals surface area contributed by atoms with Crippen LogP contribution in [0, 0.1) is 0 Å². The van der Waals surface area contributed by atoms with Crippen molar-refractivity contribution < 1.29 is 4.74 Å². The van der Waals surface area contributed by atoms with E-state index in [1.54, 1.807) is 6.07 Å². The fourth-order valence-electron chi connectivity index (χ4n) is 2.33. The summed E-state index contributed by atoms with van der Waals surface area (Å²) in [5.41, 5.74) is 2.32. The second-order valence-electron chi connectivity index (χ2n) is 5.81. The van der Waals surface area contributed by atoms with Crippen LogP contribution in [0.5, 0.6) is 5.75 Å². The van der Waals surface area contributed by atoms with Gasteiger partial charge >= 0.3 is 0 Å². The first-order valence-corrected chi connectivity index (χ1v) is 8.61. The molecule has 0 heterocycles. The number of benzene rings is 2. The van der Waals surface area contributed by atoms with Gasteiger partial charge in [0.25, 0.3) is 0 Å². The summed E-state index contributed by atoms with van der Waals surface area (Å²) in [6.07, 6.45) is 1.04. The molecular formula is C19H23Cl2NO. The zero-order valence-corrected chi connectivity index (χ0v) is 15.4. The SMILES string of the molecule is CCN(C)[C@H](C)Cc1ccc(OCc2ccc(Cl)c(Cl)c2)cc1. The van der Waals surface area contributed by atoms with E-state index < -0.39 is 0 Å². The number of halogens is 2. The molecule has 0 aliphatic rings. The minimum absolute atomic E-state index is 0.477. The van der Waals surface area contributed by atoms with Crippen molar-refractivity contribution in [2.24, 2.45) is 0 Å². The van der Waals surface area contributed by atoms with Crippen LogP contribution in [-0.4, -0.2) is 24.5 Å². The molecule has 1 atom stereocenters. The molecule has 0 aliphatic carbocycles. The van der Waals surface area contributed by atoms with Crippen LogP contribution in [0.25, 0.3) is 0 Å². The maximum absolute atomic E-state index is 6.01. The Kier molecular flexibility index (Phi) is 6.76. The fourth-order valence-corrected chi connectivity index (χ4v) is 2.65. The first kappa shape index (κ1) is 18.1. The topological polar surface area (TPSA) is 12.5 Å². The molecule has 0 spiro atoms. The van der Waals surface area contributed by atoms with Gasteiger partial charge in [0, 0.05) is 6.04 Å². The lowest BCUT2D eigenvalue weighted by Crippen LogP contribution is -2.30. The summed E-state index contributed by atoms with van der Waals surface area (Å²) in [5, 5.41) is 1.11. The van der Waals surface area contributed by atoms with Crippen LogP contribution in [-0.2, 0) is 13.0 Å². The molecule has 0 bridgehead atoms. The van der Waals surface area contributed by atoms with Crippen molar-refractivity contribution in [3.05, 3.63) is 63.6 Å². The Labute approximate surface area is 149 Å². The molecule has 2 aromatic carbocycles. The van der Waals surface area contributed by atoms with Crippen LogP contribution >= 0.6 is 23.2 Å². The zero-order chi connectivity index (χ0) is 16.8. The molecule has 4 heteroatoms. The third kappa shape index (κ3) is 5.42. The average molecular weight is 352 g/mol. The minimum atomic E-state index is 0.477. The van der Waals surface area contributed by atoms with Crippen molar-refractivity contribution in [3.8, 4) is 5.75 Å². The van der Waals surface area contributed by atoms with Crippen LogP contribution in [0.1, 0.15) is 25.0 Å². The predicted octanol–water partition coefficient (Wildman–Crippen LogP) is 5.46. The van der Waals surface area contributed by atoms with Crippen molar-refractivity contribution >= 4 is 23.2 Å². The fraction of sp³-hybridized carbons (Fsp3) is 0.368. The Morgan fingerprint density at radius 3 is 2.26 bits per heavy atom. The van der Waals surface area contributed by atoms with Crippen LogP contribution in [0.15, 0.2) is 42.5 Å². The Morgan fingerprint density at radius 2 is 1.65 bits per heavy atom. The number of rotatable bonds is 7. The van der Waals surface area contributed by atoms with Gasteiger partial charge in [-0.3, -0.25) is 0 Å². The lowest BCUT2D eigenvalue weighted by Gasteiger charge is -2.23. The second-order valence-corrected chi connectivity index (χ2v) is 6.62. The van der Waals surface area contributed by atoms with E-state index in [1.807, 2.05) is 24.3 Å². The van der Waals surface area contributed by atoms with E-state index in [2.05, 4.69) is 37.9 Å². The van der Waals surface area contributed by atoms with Crippen molar-refractivity contribution in [2.45, 2.75) is 32.9 Å². The summed E-state index contributed by atoms with van der Waals surface area (Å²) < 4.78 is 5.80. The van der Waals surface area contributed by atoms with Crippen molar-refractivity contribution in [3.63, 3.8) is 0 Å². The van der Waals surface area contributed by atoms with E-state index in [1.165, 1.54) is 5.56 Å². The van der Waals surface area contributed by atoms with Gasteiger partial charge in [-0.15, -0.1) is 0 Å². The molecule has 0 fully saturated rings. The molecule has 2 nitrogen and oxygen atoms in total. The summed E-state index contributed by atoms with van der Waals surface area (Å²) in [6, 6.07) is 14.4. The monoisotopic (exact) mass is 351 g/mol. The maximum atomic E-state index is 6.01. The molecule has 2 rings (SSSR count). The van der Waals surface area contributed by atoms with Crippen molar-refractivity contribution in [1.29, 1.82) is 0 Å². The maximum Gasteiger partial charge on any atom is 0.119 e. The standard InChI is InChI=1S/C19H23Cl2NO/c1-4-22(3)14(2)11-15-5-8-17(9-6-15)23-13-16-7-10-18(20)19(21)12-16/h5-10,12,14H,4,11,13H2,1-3H3/t14-/m1/s1. The molecule has 2 aromatic rings. The molecule has 0 N–H and O–H groups in total. The van der Waals surface area contributed by atoms with E-state index >= 15 is 0 Å². The first-order valence-electron chi connectivity index (χ1n) is 7.85. The highest BCUT2D eigenvalue weighted by atomic mass is 35.5. The highest BCUT2D eigenvalue weighted by Crippen LogP contribution is 2.23. The lowest BCUT2D eigenvalue weighted by atomic mass is 10.1. The van der Waals surface area contributed by atoms with E-state index in [-0.39, 0.29) is 0 Å². The second kappa shape index (κ2) is 8.58. The molecule has 124 valence electrons. The van der Waals surface area contributed by atoms with E-state index in [0.717, 1.165) is 24.3 Å². The highest BCUT2D eigenvalue weighted by Gasteiger charge is 2.08. The van der Waals surface area contributed by atoms with Gasteiger partial charge in [-0.25, -0.2) is 0 Å². The minimum Gasteiger partial charge on any atom is -0.489 e. The average Bonchev–Trinajstić information content (AvgIpc) is 2.56. The van der Waals surface area contributed by atoms with Gasteiger partial charge in [0.15, 0.2) is 0 Å². The van der Waals surface area contributed by atoms with Gasteiger partial charge in [-0.1, -0.05) is 48.3 Å². The number of ether oxygens (including phenoxy) is 1. The Balaban J connectivity index is 1.90. The van der Waals surface area contributed by atoms with Crippen LogP contribution < -0.4 is 4.74 Å². The molecule has 0 aromatic heterocycles. The van der Waals surface area contributed by atoms with Gasteiger partial charge in [0.1, 0.15) is 12.4 Å². The predicted molar refractivity (Wildman–Crippen MR) is 98.7 cm³/mol. The van der Waals surface area contributed by atoms with Gasteiger partial charge in [0.05, 0.1) is 10.0 Å². The summed E-state index contributed by atoms with van der Waals surface area (Å²) in [6.45, 7) is 5.96.